The molecular formula is C17H27N3O. The minimum absolute atomic E-state index is 0.0319. The third kappa shape index (κ3) is 4.55. The molecule has 2 rings (SSSR count). The molecule has 1 aliphatic heterocycles. The van der Waals surface area contributed by atoms with E-state index in [9.17, 15) is 4.79 Å². The van der Waals surface area contributed by atoms with Crippen molar-refractivity contribution in [1.82, 2.24) is 15.5 Å². The molecule has 2 N–H and O–H groups in total. The molecular weight excluding hydrogens is 262 g/mol. The number of carbonyl (C=O) groups is 1. The molecule has 1 aliphatic rings. The Morgan fingerprint density at radius 3 is 2.38 bits per heavy atom. The molecule has 0 spiro atoms. The average Bonchev–Trinajstić information content (AvgIpc) is 2.53. The van der Waals surface area contributed by atoms with E-state index in [4.69, 9.17) is 0 Å². The van der Waals surface area contributed by atoms with Gasteiger partial charge in [-0.2, -0.15) is 0 Å². The van der Waals surface area contributed by atoms with Gasteiger partial charge in [0.05, 0.1) is 0 Å². The number of piperidine rings is 1. The van der Waals surface area contributed by atoms with Crippen LogP contribution in [0.5, 0.6) is 0 Å². The van der Waals surface area contributed by atoms with Gasteiger partial charge in [-0.25, -0.2) is 0 Å². The molecule has 116 valence electrons. The second kappa shape index (κ2) is 7.57. The van der Waals surface area contributed by atoms with Crippen molar-refractivity contribution < 1.29 is 4.79 Å². The number of hydrogen-bond acceptors (Lipinski definition) is 3. The fraction of sp³-hybridized carbons (Fsp3) is 0.588. The van der Waals surface area contributed by atoms with Crippen LogP contribution in [0.25, 0.3) is 0 Å². The number of rotatable bonds is 5. The fourth-order valence-corrected chi connectivity index (χ4v) is 2.80. The second-order valence-corrected chi connectivity index (χ2v) is 6.06. The second-order valence-electron chi connectivity index (χ2n) is 6.06. The van der Waals surface area contributed by atoms with Crippen LogP contribution in [0, 0.1) is 0 Å². The van der Waals surface area contributed by atoms with Crippen LogP contribution in [0.2, 0.25) is 0 Å². The first-order valence-electron chi connectivity index (χ1n) is 7.88. The van der Waals surface area contributed by atoms with E-state index in [-0.39, 0.29) is 5.91 Å². The summed E-state index contributed by atoms with van der Waals surface area (Å²) in [5.41, 5.74) is 1.94. The quantitative estimate of drug-likeness (QED) is 0.871. The van der Waals surface area contributed by atoms with Crippen molar-refractivity contribution >= 4 is 5.91 Å². The normalized spacial score (nSPS) is 17.1. The molecule has 0 saturated carbocycles. The van der Waals surface area contributed by atoms with E-state index in [1.54, 1.807) is 7.05 Å². The molecule has 4 nitrogen and oxygen atoms in total. The van der Waals surface area contributed by atoms with Gasteiger partial charge in [-0.3, -0.25) is 4.79 Å². The van der Waals surface area contributed by atoms with Gasteiger partial charge in [0, 0.05) is 31.2 Å². The minimum Gasteiger partial charge on any atom is -0.355 e. The summed E-state index contributed by atoms with van der Waals surface area (Å²) in [5.74, 6) is -0.0319. The van der Waals surface area contributed by atoms with E-state index in [0.29, 0.717) is 17.6 Å². The van der Waals surface area contributed by atoms with Crippen molar-refractivity contribution in [3.8, 4) is 0 Å². The van der Waals surface area contributed by atoms with Crippen LogP contribution in [-0.4, -0.2) is 43.0 Å². The molecule has 0 bridgehead atoms. The Kier molecular flexibility index (Phi) is 5.76. The summed E-state index contributed by atoms with van der Waals surface area (Å²) in [7, 11) is 1.65. The summed E-state index contributed by atoms with van der Waals surface area (Å²) in [6.45, 7) is 7.78. The van der Waals surface area contributed by atoms with E-state index in [0.717, 1.165) is 6.54 Å². The summed E-state index contributed by atoms with van der Waals surface area (Å²) < 4.78 is 0. The maximum absolute atomic E-state index is 11.5. The van der Waals surface area contributed by atoms with E-state index < -0.39 is 0 Å². The van der Waals surface area contributed by atoms with Gasteiger partial charge in [0.2, 0.25) is 0 Å². The van der Waals surface area contributed by atoms with Crippen LogP contribution in [0.3, 0.4) is 0 Å². The summed E-state index contributed by atoms with van der Waals surface area (Å²) >= 11 is 0. The first-order chi connectivity index (χ1) is 10.1. The molecule has 0 unspecified atom stereocenters. The fourth-order valence-electron chi connectivity index (χ4n) is 2.80. The first-order valence-corrected chi connectivity index (χ1v) is 7.88. The number of nitrogens with zero attached hydrogens (tertiary/aromatic N) is 1. The van der Waals surface area contributed by atoms with Gasteiger partial charge in [0.1, 0.15) is 0 Å². The van der Waals surface area contributed by atoms with Crippen molar-refractivity contribution in [2.24, 2.45) is 0 Å². The van der Waals surface area contributed by atoms with E-state index in [2.05, 4.69) is 29.4 Å². The van der Waals surface area contributed by atoms with Crippen LogP contribution in [0.4, 0.5) is 0 Å². The zero-order chi connectivity index (χ0) is 15.2. The molecule has 21 heavy (non-hydrogen) atoms. The summed E-state index contributed by atoms with van der Waals surface area (Å²) in [4.78, 5) is 14.0. The van der Waals surface area contributed by atoms with Gasteiger partial charge < -0.3 is 15.5 Å². The summed E-state index contributed by atoms with van der Waals surface area (Å²) in [6.07, 6.45) is 2.43. The van der Waals surface area contributed by atoms with Crippen LogP contribution >= 0.6 is 0 Å². The summed E-state index contributed by atoms with van der Waals surface area (Å²) in [5, 5.41) is 6.27. The van der Waals surface area contributed by atoms with E-state index in [1.807, 2.05) is 24.3 Å². The Hall–Kier alpha value is -1.39. The Morgan fingerprint density at radius 1 is 1.24 bits per heavy atom. The predicted octanol–water partition coefficient (Wildman–Crippen LogP) is 2.01. The van der Waals surface area contributed by atoms with Gasteiger partial charge in [0.25, 0.3) is 5.91 Å². The average molecular weight is 289 g/mol. The number of hydrogen-bond donors (Lipinski definition) is 2. The largest absolute Gasteiger partial charge is 0.355 e. The third-order valence-corrected chi connectivity index (χ3v) is 4.30. The van der Waals surface area contributed by atoms with Crippen molar-refractivity contribution in [3.05, 3.63) is 35.4 Å². The molecule has 1 amide bonds. The van der Waals surface area contributed by atoms with Crippen molar-refractivity contribution in [1.29, 1.82) is 0 Å². The standard InChI is InChI=1S/C17H27N3O/c1-13(2)20-10-8-16(9-11-20)19-12-14-4-6-15(7-5-14)17(21)18-3/h4-7,13,16,19H,8-12H2,1-3H3,(H,18,21). The van der Waals surface area contributed by atoms with Gasteiger partial charge in [-0.15, -0.1) is 0 Å². The number of likely N-dealkylation sites (tertiary alicyclic amines) is 1. The molecule has 0 atom stereocenters. The highest BCUT2D eigenvalue weighted by molar-refractivity contribution is 5.93. The highest BCUT2D eigenvalue weighted by Crippen LogP contribution is 2.13. The van der Waals surface area contributed by atoms with Gasteiger partial charge in [-0.1, -0.05) is 12.1 Å². The lowest BCUT2D eigenvalue weighted by atomic mass is 10.0. The highest BCUT2D eigenvalue weighted by Gasteiger charge is 2.20. The molecule has 0 aromatic heterocycles. The van der Waals surface area contributed by atoms with Gasteiger partial charge in [-0.05, 0) is 57.5 Å². The maximum Gasteiger partial charge on any atom is 0.251 e. The highest BCUT2D eigenvalue weighted by atomic mass is 16.1. The molecule has 1 heterocycles. The van der Waals surface area contributed by atoms with Crippen LogP contribution in [-0.2, 0) is 6.54 Å². The topological polar surface area (TPSA) is 44.4 Å². The van der Waals surface area contributed by atoms with Crippen molar-refractivity contribution in [2.45, 2.75) is 45.3 Å². The lowest BCUT2D eigenvalue weighted by molar-refractivity contribution is 0.0963. The number of amides is 1. The predicted molar refractivity (Wildman–Crippen MR) is 86.4 cm³/mol. The van der Waals surface area contributed by atoms with E-state index in [1.165, 1.54) is 31.5 Å². The molecule has 1 aromatic carbocycles. The number of carbonyl (C=O) groups excluding carboxylic acids is 1. The number of nitrogens with one attached hydrogen (secondary N) is 2. The molecule has 0 radical (unpaired) electrons. The lowest BCUT2D eigenvalue weighted by Gasteiger charge is -2.35. The maximum atomic E-state index is 11.5. The zero-order valence-electron chi connectivity index (χ0n) is 13.4. The van der Waals surface area contributed by atoms with Gasteiger partial charge in [0.15, 0.2) is 0 Å². The number of benzene rings is 1. The van der Waals surface area contributed by atoms with E-state index >= 15 is 0 Å². The monoisotopic (exact) mass is 289 g/mol. The molecule has 4 heteroatoms. The Bertz CT molecular complexity index is 448. The zero-order valence-corrected chi connectivity index (χ0v) is 13.4. The molecule has 1 fully saturated rings. The third-order valence-electron chi connectivity index (χ3n) is 4.30. The first kappa shape index (κ1) is 16.0. The SMILES string of the molecule is CNC(=O)c1ccc(CNC2CCN(C(C)C)CC2)cc1. The molecule has 1 saturated heterocycles. The van der Waals surface area contributed by atoms with Crippen molar-refractivity contribution in [3.63, 3.8) is 0 Å². The Morgan fingerprint density at radius 2 is 1.86 bits per heavy atom. The van der Waals surface area contributed by atoms with Crippen LogP contribution < -0.4 is 10.6 Å². The van der Waals surface area contributed by atoms with Crippen LogP contribution in [0.15, 0.2) is 24.3 Å². The van der Waals surface area contributed by atoms with Crippen molar-refractivity contribution in [2.75, 3.05) is 20.1 Å². The molecule has 0 aliphatic carbocycles. The van der Waals surface area contributed by atoms with Gasteiger partial charge >= 0.3 is 0 Å². The Labute approximate surface area is 127 Å². The lowest BCUT2D eigenvalue weighted by Crippen LogP contribution is -2.44. The van der Waals surface area contributed by atoms with Crippen LogP contribution in [0.1, 0.15) is 42.6 Å². The smallest absolute Gasteiger partial charge is 0.251 e. The Balaban J connectivity index is 1.77. The minimum atomic E-state index is -0.0319. The summed E-state index contributed by atoms with van der Waals surface area (Å²) in [6, 6.07) is 9.10. The molecule has 1 aromatic rings.